The van der Waals surface area contributed by atoms with Crippen molar-refractivity contribution in [1.29, 1.82) is 0 Å². The highest BCUT2D eigenvalue weighted by Gasteiger charge is 2.17. The molecule has 0 atom stereocenters. The molecule has 0 aromatic heterocycles. The molecule has 0 radical (unpaired) electrons. The van der Waals surface area contributed by atoms with Gasteiger partial charge in [0, 0.05) is 16.1 Å². The zero-order valence-electron chi connectivity index (χ0n) is 12.7. The summed E-state index contributed by atoms with van der Waals surface area (Å²) in [6.45, 7) is 0. The minimum atomic E-state index is 0.499. The van der Waals surface area contributed by atoms with Gasteiger partial charge in [-0.25, -0.2) is 9.98 Å². The first kappa shape index (κ1) is 14.7. The average Bonchev–Trinajstić information content (AvgIpc) is 2.82. The van der Waals surface area contributed by atoms with Gasteiger partial charge in [-0.15, -0.1) is 0 Å². The van der Waals surface area contributed by atoms with E-state index in [1.54, 1.807) is 12.1 Å². The topological polar surface area (TPSA) is 34.0 Å². The molecule has 0 fully saturated rings. The van der Waals surface area contributed by atoms with E-state index >= 15 is 0 Å². The number of ether oxygens (including phenoxy) is 1. The van der Waals surface area contributed by atoms with Gasteiger partial charge in [0.1, 0.15) is 0 Å². The second kappa shape index (κ2) is 6.30. The molecule has 0 N–H and O–H groups in total. The summed E-state index contributed by atoms with van der Waals surface area (Å²) in [5, 5.41) is 0.614. The third-order valence-electron chi connectivity index (χ3n) is 3.62. The molecule has 1 aliphatic rings. The minimum absolute atomic E-state index is 0.499. The Morgan fingerprint density at radius 2 is 1.17 bits per heavy atom. The molecule has 3 aromatic carbocycles. The second-order valence-electron chi connectivity index (χ2n) is 5.30. The van der Waals surface area contributed by atoms with Crippen LogP contribution in [-0.4, -0.2) is 11.8 Å². The Hall–Kier alpha value is -2.91. The Kier molecular flexibility index (Phi) is 3.85. The van der Waals surface area contributed by atoms with E-state index in [2.05, 4.69) is 9.98 Å². The highest BCUT2D eigenvalue weighted by Crippen LogP contribution is 2.34. The molecule has 3 aromatic rings. The number of benzene rings is 3. The van der Waals surface area contributed by atoms with E-state index in [0.717, 1.165) is 16.8 Å². The molecular weight excluding hydrogens is 320 g/mol. The van der Waals surface area contributed by atoms with Crippen molar-refractivity contribution in [3.05, 3.63) is 95.0 Å². The largest absolute Gasteiger partial charge is 0.419 e. The SMILES string of the molecule is Clc1ccc2c(c1)N=C(c1ccccc1)OC(c1ccccc1)=N2. The van der Waals surface area contributed by atoms with Gasteiger partial charge in [0.25, 0.3) is 0 Å². The maximum absolute atomic E-state index is 6.12. The summed E-state index contributed by atoms with van der Waals surface area (Å²) in [7, 11) is 0. The number of aliphatic imine (C=N–C) groups is 2. The van der Waals surface area contributed by atoms with Gasteiger partial charge in [-0.1, -0.05) is 48.0 Å². The summed E-state index contributed by atoms with van der Waals surface area (Å²) in [5.41, 5.74) is 3.19. The molecule has 1 heterocycles. The molecule has 0 amide bonds. The zero-order valence-corrected chi connectivity index (χ0v) is 13.4. The van der Waals surface area contributed by atoms with E-state index in [4.69, 9.17) is 16.3 Å². The maximum atomic E-state index is 6.12. The highest BCUT2D eigenvalue weighted by atomic mass is 35.5. The molecule has 0 saturated heterocycles. The maximum Gasteiger partial charge on any atom is 0.229 e. The fourth-order valence-corrected chi connectivity index (χ4v) is 2.61. The van der Waals surface area contributed by atoms with Crippen molar-refractivity contribution in [3.63, 3.8) is 0 Å². The van der Waals surface area contributed by atoms with Crippen molar-refractivity contribution >= 4 is 34.8 Å². The van der Waals surface area contributed by atoms with Gasteiger partial charge in [0.05, 0.1) is 11.4 Å². The van der Waals surface area contributed by atoms with E-state index < -0.39 is 0 Å². The van der Waals surface area contributed by atoms with Crippen molar-refractivity contribution in [2.75, 3.05) is 0 Å². The summed E-state index contributed by atoms with van der Waals surface area (Å²) < 4.78 is 6.06. The van der Waals surface area contributed by atoms with Crippen LogP contribution in [0.1, 0.15) is 11.1 Å². The van der Waals surface area contributed by atoms with E-state index in [0.29, 0.717) is 22.5 Å². The van der Waals surface area contributed by atoms with Crippen molar-refractivity contribution < 1.29 is 4.74 Å². The zero-order chi connectivity index (χ0) is 16.4. The summed E-state index contributed by atoms with van der Waals surface area (Å²) in [6.07, 6.45) is 0. The van der Waals surface area contributed by atoms with E-state index in [9.17, 15) is 0 Å². The number of nitrogens with zero attached hydrogens (tertiary/aromatic N) is 2. The van der Waals surface area contributed by atoms with Gasteiger partial charge in [-0.05, 0) is 42.5 Å². The van der Waals surface area contributed by atoms with Crippen molar-refractivity contribution in [2.24, 2.45) is 9.98 Å². The van der Waals surface area contributed by atoms with Gasteiger partial charge >= 0.3 is 0 Å². The van der Waals surface area contributed by atoms with Gasteiger partial charge < -0.3 is 4.74 Å². The van der Waals surface area contributed by atoms with Gasteiger partial charge in [-0.2, -0.15) is 0 Å². The first-order valence-corrected chi connectivity index (χ1v) is 7.93. The van der Waals surface area contributed by atoms with Crippen LogP contribution in [0.2, 0.25) is 5.02 Å². The van der Waals surface area contributed by atoms with Crippen molar-refractivity contribution in [3.8, 4) is 0 Å². The molecule has 4 heteroatoms. The van der Waals surface area contributed by atoms with Crippen molar-refractivity contribution in [2.45, 2.75) is 0 Å². The lowest BCUT2D eigenvalue weighted by Crippen LogP contribution is -2.13. The predicted octanol–water partition coefficient (Wildman–Crippen LogP) is 5.53. The van der Waals surface area contributed by atoms with Crippen LogP contribution in [0.3, 0.4) is 0 Å². The van der Waals surface area contributed by atoms with Crippen LogP contribution in [0.4, 0.5) is 11.4 Å². The average molecular weight is 333 g/mol. The number of hydrogen-bond donors (Lipinski definition) is 0. The molecule has 0 unspecified atom stereocenters. The molecule has 0 bridgehead atoms. The molecular formula is C20H13ClN2O. The van der Waals surface area contributed by atoms with Crippen LogP contribution in [0, 0.1) is 0 Å². The summed E-state index contributed by atoms with van der Waals surface area (Å²) in [6, 6.07) is 25.0. The lowest BCUT2D eigenvalue weighted by atomic mass is 10.2. The molecule has 1 aliphatic heterocycles. The molecule has 0 aliphatic carbocycles. The number of fused-ring (bicyclic) bond motifs is 1. The van der Waals surface area contributed by atoms with E-state index in [-0.39, 0.29) is 0 Å². The van der Waals surface area contributed by atoms with Gasteiger partial charge in [-0.3, -0.25) is 0 Å². The Morgan fingerprint density at radius 1 is 0.625 bits per heavy atom. The normalized spacial score (nSPS) is 13.2. The molecule has 0 saturated carbocycles. The molecule has 24 heavy (non-hydrogen) atoms. The Morgan fingerprint density at radius 3 is 1.75 bits per heavy atom. The smallest absolute Gasteiger partial charge is 0.229 e. The standard InChI is InChI=1S/C20H13ClN2O/c21-16-11-12-17-18(13-16)23-20(15-9-5-2-6-10-15)24-19(22-17)14-7-3-1-4-8-14/h1-13H. The first-order valence-electron chi connectivity index (χ1n) is 7.55. The number of halogens is 1. The second-order valence-corrected chi connectivity index (χ2v) is 5.74. The number of hydrogen-bond acceptors (Lipinski definition) is 3. The van der Waals surface area contributed by atoms with Crippen LogP contribution < -0.4 is 0 Å². The van der Waals surface area contributed by atoms with Crippen LogP contribution in [-0.2, 0) is 4.74 Å². The van der Waals surface area contributed by atoms with E-state index in [1.165, 1.54) is 0 Å². The first-order chi connectivity index (χ1) is 11.8. The van der Waals surface area contributed by atoms with Crippen LogP contribution >= 0.6 is 11.6 Å². The monoisotopic (exact) mass is 332 g/mol. The van der Waals surface area contributed by atoms with Gasteiger partial charge in [0.15, 0.2) is 0 Å². The summed E-state index contributed by atoms with van der Waals surface area (Å²) >= 11 is 6.12. The summed E-state index contributed by atoms with van der Waals surface area (Å²) in [4.78, 5) is 9.29. The Bertz CT molecular complexity index is 934. The number of rotatable bonds is 2. The fraction of sp³-hybridized carbons (Fsp3) is 0. The molecule has 4 rings (SSSR count). The fourth-order valence-electron chi connectivity index (χ4n) is 2.45. The quantitative estimate of drug-likeness (QED) is 0.607. The lowest BCUT2D eigenvalue weighted by molar-refractivity contribution is 0.551. The molecule has 3 nitrogen and oxygen atoms in total. The van der Waals surface area contributed by atoms with Crippen LogP contribution in [0.5, 0.6) is 0 Å². The third kappa shape index (κ3) is 2.94. The van der Waals surface area contributed by atoms with E-state index in [1.807, 2.05) is 66.7 Å². The Labute approximate surface area is 144 Å². The summed E-state index contributed by atoms with van der Waals surface area (Å²) in [5.74, 6) is 1.01. The predicted molar refractivity (Wildman–Crippen MR) is 97.8 cm³/mol. The molecule has 0 spiro atoms. The van der Waals surface area contributed by atoms with Gasteiger partial charge in [0.2, 0.25) is 11.8 Å². The molecule has 116 valence electrons. The van der Waals surface area contributed by atoms with Crippen molar-refractivity contribution in [1.82, 2.24) is 0 Å². The van der Waals surface area contributed by atoms with Crippen LogP contribution in [0.15, 0.2) is 88.8 Å². The third-order valence-corrected chi connectivity index (χ3v) is 3.85. The highest BCUT2D eigenvalue weighted by molar-refractivity contribution is 6.31. The minimum Gasteiger partial charge on any atom is -0.419 e. The van der Waals surface area contributed by atoms with Crippen LogP contribution in [0.25, 0.3) is 0 Å². The lowest BCUT2D eigenvalue weighted by Gasteiger charge is -2.09. The Balaban J connectivity index is 1.89.